The Morgan fingerprint density at radius 1 is 1.09 bits per heavy atom. The predicted molar refractivity (Wildman–Crippen MR) is 143 cm³/mol. The van der Waals surface area contributed by atoms with Gasteiger partial charge in [-0.2, -0.15) is 0 Å². The minimum Gasteiger partial charge on any atom is -0.496 e. The summed E-state index contributed by atoms with van der Waals surface area (Å²) < 4.78 is 7.24. The number of fused-ring (bicyclic) bond motifs is 4. The van der Waals surface area contributed by atoms with Crippen LogP contribution in [0.25, 0.3) is 21.0 Å². The molecule has 1 atom stereocenters. The molecule has 0 radical (unpaired) electrons. The highest BCUT2D eigenvalue weighted by atomic mass is 32.1. The number of methoxy groups -OCH3 is 1. The SMILES string of the molecule is COc1ccccc1CNC1CCc2c(sc3ncn(Cc4ccc5ccccc5c4)c(=O)c23)C1. The fourth-order valence-electron chi connectivity index (χ4n) is 5.13. The zero-order chi connectivity index (χ0) is 23.8. The highest BCUT2D eigenvalue weighted by molar-refractivity contribution is 7.18. The number of aryl methyl sites for hydroxylation is 1. The van der Waals surface area contributed by atoms with Crippen LogP contribution in [0.3, 0.4) is 0 Å². The van der Waals surface area contributed by atoms with E-state index in [1.807, 2.05) is 30.3 Å². The van der Waals surface area contributed by atoms with Crippen LogP contribution >= 0.6 is 11.3 Å². The molecule has 6 heteroatoms. The largest absolute Gasteiger partial charge is 0.496 e. The van der Waals surface area contributed by atoms with E-state index in [1.165, 1.54) is 21.2 Å². The fraction of sp³-hybridized carbons (Fsp3) is 0.241. The first-order valence-corrected chi connectivity index (χ1v) is 12.8. The van der Waals surface area contributed by atoms with Gasteiger partial charge in [-0.3, -0.25) is 9.36 Å². The molecule has 5 nitrogen and oxygen atoms in total. The van der Waals surface area contributed by atoms with Crippen molar-refractivity contribution in [3.63, 3.8) is 0 Å². The minimum atomic E-state index is 0.0705. The Morgan fingerprint density at radius 3 is 2.80 bits per heavy atom. The molecule has 0 bridgehead atoms. The van der Waals surface area contributed by atoms with Crippen LogP contribution in [0, 0.1) is 0 Å². The maximum Gasteiger partial charge on any atom is 0.262 e. The number of hydrogen-bond donors (Lipinski definition) is 1. The van der Waals surface area contributed by atoms with E-state index in [-0.39, 0.29) is 5.56 Å². The molecular weight excluding hydrogens is 454 g/mol. The van der Waals surface area contributed by atoms with Crippen molar-refractivity contribution in [3.05, 3.63) is 105 Å². The van der Waals surface area contributed by atoms with Gasteiger partial charge in [-0.25, -0.2) is 4.98 Å². The molecule has 0 fully saturated rings. The summed E-state index contributed by atoms with van der Waals surface area (Å²) in [7, 11) is 1.71. The van der Waals surface area contributed by atoms with E-state index >= 15 is 0 Å². The number of benzene rings is 3. The average Bonchev–Trinajstić information content (AvgIpc) is 3.27. The Balaban J connectivity index is 1.23. The lowest BCUT2D eigenvalue weighted by Crippen LogP contribution is -2.34. The quantitative estimate of drug-likeness (QED) is 0.357. The Morgan fingerprint density at radius 2 is 1.91 bits per heavy atom. The van der Waals surface area contributed by atoms with E-state index in [0.717, 1.165) is 52.9 Å². The molecule has 3 aromatic carbocycles. The number of ether oxygens (including phenoxy) is 1. The van der Waals surface area contributed by atoms with E-state index in [4.69, 9.17) is 9.72 Å². The molecule has 1 aliphatic rings. The van der Waals surface area contributed by atoms with Crippen LogP contribution in [0.2, 0.25) is 0 Å². The van der Waals surface area contributed by atoms with Gasteiger partial charge in [-0.15, -0.1) is 11.3 Å². The van der Waals surface area contributed by atoms with Gasteiger partial charge in [0.05, 0.1) is 25.4 Å². The summed E-state index contributed by atoms with van der Waals surface area (Å²) in [6.07, 6.45) is 4.54. The van der Waals surface area contributed by atoms with Gasteiger partial charge in [0.1, 0.15) is 10.6 Å². The summed E-state index contributed by atoms with van der Waals surface area (Å²) in [5.74, 6) is 0.912. The first-order chi connectivity index (χ1) is 17.2. The van der Waals surface area contributed by atoms with E-state index in [0.29, 0.717) is 12.6 Å². The lowest BCUT2D eigenvalue weighted by Gasteiger charge is -2.24. The number of thiophene rings is 1. The average molecular weight is 482 g/mol. The van der Waals surface area contributed by atoms with Crippen molar-refractivity contribution in [2.75, 3.05) is 7.11 Å². The molecule has 2 heterocycles. The van der Waals surface area contributed by atoms with Crippen molar-refractivity contribution >= 4 is 32.3 Å². The first-order valence-electron chi connectivity index (χ1n) is 12.0. The maximum absolute atomic E-state index is 13.5. The second-order valence-electron chi connectivity index (χ2n) is 9.18. The minimum absolute atomic E-state index is 0.0705. The smallest absolute Gasteiger partial charge is 0.262 e. The molecule has 6 rings (SSSR count). The Labute approximate surface area is 208 Å². The van der Waals surface area contributed by atoms with Gasteiger partial charge in [0.15, 0.2) is 0 Å². The highest BCUT2D eigenvalue weighted by Crippen LogP contribution is 2.34. The molecule has 1 unspecified atom stereocenters. The van der Waals surface area contributed by atoms with E-state index in [1.54, 1.807) is 29.3 Å². The molecule has 0 saturated heterocycles. The van der Waals surface area contributed by atoms with Crippen LogP contribution in [0.15, 0.2) is 77.9 Å². The predicted octanol–water partition coefficient (Wildman–Crippen LogP) is 5.32. The lowest BCUT2D eigenvalue weighted by atomic mass is 9.93. The van der Waals surface area contributed by atoms with Gasteiger partial charge in [0, 0.05) is 23.0 Å². The van der Waals surface area contributed by atoms with Crippen molar-refractivity contribution in [1.29, 1.82) is 0 Å². The molecular formula is C29H27N3O2S. The Bertz CT molecular complexity index is 1590. The van der Waals surface area contributed by atoms with Gasteiger partial charge in [0.2, 0.25) is 0 Å². The molecule has 35 heavy (non-hydrogen) atoms. The fourth-order valence-corrected chi connectivity index (χ4v) is 6.38. The first kappa shape index (κ1) is 22.0. The topological polar surface area (TPSA) is 56.1 Å². The third-order valence-corrected chi connectivity index (χ3v) is 8.14. The zero-order valence-electron chi connectivity index (χ0n) is 19.7. The second-order valence-corrected chi connectivity index (χ2v) is 10.3. The molecule has 176 valence electrons. The monoisotopic (exact) mass is 481 g/mol. The number of para-hydroxylation sites is 1. The van der Waals surface area contributed by atoms with Crippen LogP contribution in [-0.4, -0.2) is 22.7 Å². The van der Waals surface area contributed by atoms with Gasteiger partial charge in [-0.1, -0.05) is 54.6 Å². The number of nitrogens with one attached hydrogen (secondary N) is 1. The van der Waals surface area contributed by atoms with Crippen molar-refractivity contribution in [3.8, 4) is 5.75 Å². The standard InChI is InChI=1S/C29H27N3O2S/c1-34-25-9-5-4-8-22(25)16-30-23-12-13-24-26(15-23)35-28-27(24)29(33)32(18-31-28)17-19-10-11-20-6-2-3-7-21(20)14-19/h2-11,14,18,23,30H,12-13,15-17H2,1H3. The number of nitrogens with zero attached hydrogens (tertiary/aromatic N) is 2. The highest BCUT2D eigenvalue weighted by Gasteiger charge is 2.25. The molecule has 0 spiro atoms. The molecule has 0 amide bonds. The van der Waals surface area contributed by atoms with Crippen molar-refractivity contribution in [2.45, 2.75) is 38.4 Å². The summed E-state index contributed by atoms with van der Waals surface area (Å²) in [5.41, 5.74) is 3.54. The van der Waals surface area contributed by atoms with E-state index in [2.05, 4.69) is 41.7 Å². The maximum atomic E-state index is 13.5. The van der Waals surface area contributed by atoms with E-state index in [9.17, 15) is 4.79 Å². The summed E-state index contributed by atoms with van der Waals surface area (Å²) in [6, 6.07) is 23.2. The molecule has 5 aromatic rings. The summed E-state index contributed by atoms with van der Waals surface area (Å²) in [6.45, 7) is 1.30. The molecule has 0 saturated carbocycles. The van der Waals surface area contributed by atoms with Gasteiger partial charge < -0.3 is 10.1 Å². The number of hydrogen-bond acceptors (Lipinski definition) is 5. The van der Waals surface area contributed by atoms with E-state index < -0.39 is 0 Å². The summed E-state index contributed by atoms with van der Waals surface area (Å²) >= 11 is 1.67. The third-order valence-electron chi connectivity index (χ3n) is 6.98. The summed E-state index contributed by atoms with van der Waals surface area (Å²) in [5, 5.41) is 6.90. The van der Waals surface area contributed by atoms with Crippen LogP contribution in [0.5, 0.6) is 5.75 Å². The third kappa shape index (κ3) is 4.24. The number of aromatic nitrogens is 2. The normalized spacial score (nSPS) is 15.4. The lowest BCUT2D eigenvalue weighted by molar-refractivity contribution is 0.401. The molecule has 1 N–H and O–H groups in total. The number of rotatable bonds is 6. The summed E-state index contributed by atoms with van der Waals surface area (Å²) in [4.78, 5) is 20.3. The Hall–Kier alpha value is -3.48. The van der Waals surface area contributed by atoms with Gasteiger partial charge in [-0.05, 0) is 53.3 Å². The van der Waals surface area contributed by atoms with Gasteiger partial charge in [0.25, 0.3) is 5.56 Å². The molecule has 1 aliphatic carbocycles. The molecule has 2 aromatic heterocycles. The second kappa shape index (κ2) is 9.29. The Kier molecular flexibility index (Phi) is 5.84. The van der Waals surface area contributed by atoms with Crippen LogP contribution in [0.4, 0.5) is 0 Å². The van der Waals surface area contributed by atoms with Crippen LogP contribution in [-0.2, 0) is 25.9 Å². The van der Waals surface area contributed by atoms with Crippen LogP contribution < -0.4 is 15.6 Å². The van der Waals surface area contributed by atoms with Crippen LogP contribution in [0.1, 0.15) is 28.0 Å². The van der Waals surface area contributed by atoms with Gasteiger partial charge >= 0.3 is 0 Å². The van der Waals surface area contributed by atoms with Crippen molar-refractivity contribution in [2.24, 2.45) is 0 Å². The zero-order valence-corrected chi connectivity index (χ0v) is 20.5. The van der Waals surface area contributed by atoms with Crippen molar-refractivity contribution < 1.29 is 4.74 Å². The van der Waals surface area contributed by atoms with Crippen molar-refractivity contribution in [1.82, 2.24) is 14.9 Å². The molecule has 0 aliphatic heterocycles.